The smallest absolute Gasteiger partial charge is 0.120 e. The number of pyridine rings is 1. The van der Waals surface area contributed by atoms with Gasteiger partial charge in [0.15, 0.2) is 0 Å². The zero-order valence-corrected chi connectivity index (χ0v) is 16.7. The van der Waals surface area contributed by atoms with Gasteiger partial charge in [-0.2, -0.15) is 11.8 Å². The van der Waals surface area contributed by atoms with Gasteiger partial charge in [-0.25, -0.2) is 0 Å². The van der Waals surface area contributed by atoms with Gasteiger partial charge in [-0.05, 0) is 35.9 Å². The van der Waals surface area contributed by atoms with Crippen LogP contribution in [0.25, 0.3) is 0 Å². The van der Waals surface area contributed by atoms with E-state index in [4.69, 9.17) is 11.6 Å². The van der Waals surface area contributed by atoms with Crippen LogP contribution >= 0.6 is 23.4 Å². The Bertz CT molecular complexity index is 830. The topological polar surface area (TPSA) is 36.4 Å². The van der Waals surface area contributed by atoms with E-state index in [0.29, 0.717) is 11.6 Å². The minimum Gasteiger partial charge on any atom is -0.508 e. The molecule has 0 spiro atoms. The first-order valence-electron chi connectivity index (χ1n) is 8.92. The number of halogens is 1. The van der Waals surface area contributed by atoms with Crippen LogP contribution in [0.4, 0.5) is 0 Å². The Balaban J connectivity index is 1.61. The summed E-state index contributed by atoms with van der Waals surface area (Å²) in [6, 6.07) is 21.6. The molecule has 140 valence electrons. The maximum atomic E-state index is 10.2. The van der Waals surface area contributed by atoms with Crippen LogP contribution in [0.1, 0.15) is 16.8 Å². The fourth-order valence-electron chi connectivity index (χ4n) is 2.81. The third-order valence-electron chi connectivity index (χ3n) is 4.21. The Morgan fingerprint density at radius 2 is 1.78 bits per heavy atom. The lowest BCUT2D eigenvalue weighted by molar-refractivity contribution is 0.266. The molecule has 3 nitrogen and oxygen atoms in total. The Hall–Kier alpha value is -2.01. The van der Waals surface area contributed by atoms with Gasteiger partial charge in [0.05, 0.1) is 5.69 Å². The van der Waals surface area contributed by atoms with E-state index in [-0.39, 0.29) is 5.75 Å². The average molecular weight is 399 g/mol. The number of phenolic OH excluding ortho intramolecular Hbond substituents is 1. The molecule has 27 heavy (non-hydrogen) atoms. The molecule has 1 N–H and O–H groups in total. The summed E-state index contributed by atoms with van der Waals surface area (Å²) in [6.45, 7) is 2.27. The second-order valence-electron chi connectivity index (χ2n) is 6.34. The predicted molar refractivity (Wildman–Crippen MR) is 114 cm³/mol. The molecule has 0 bridgehead atoms. The number of aromatic hydroxyl groups is 1. The highest BCUT2D eigenvalue weighted by Crippen LogP contribution is 2.24. The lowest BCUT2D eigenvalue weighted by Crippen LogP contribution is -2.26. The SMILES string of the molecule is Oc1ccc(Cl)cc1CN(CCSCc1ccccc1)Cc1ccccn1. The van der Waals surface area contributed by atoms with Crippen molar-refractivity contribution in [1.82, 2.24) is 9.88 Å². The van der Waals surface area contributed by atoms with Crippen molar-refractivity contribution in [2.75, 3.05) is 12.3 Å². The first-order valence-corrected chi connectivity index (χ1v) is 10.5. The van der Waals surface area contributed by atoms with Crippen LogP contribution in [0.5, 0.6) is 5.75 Å². The van der Waals surface area contributed by atoms with Crippen molar-refractivity contribution in [1.29, 1.82) is 0 Å². The molecule has 0 unspecified atom stereocenters. The van der Waals surface area contributed by atoms with Gasteiger partial charge < -0.3 is 5.11 Å². The quantitative estimate of drug-likeness (QED) is 0.491. The molecular weight excluding hydrogens is 376 g/mol. The number of rotatable bonds is 9. The molecule has 1 aromatic heterocycles. The van der Waals surface area contributed by atoms with Crippen LogP contribution in [-0.2, 0) is 18.8 Å². The number of hydrogen-bond acceptors (Lipinski definition) is 4. The van der Waals surface area contributed by atoms with Crippen molar-refractivity contribution in [2.45, 2.75) is 18.8 Å². The van der Waals surface area contributed by atoms with Crippen molar-refractivity contribution in [2.24, 2.45) is 0 Å². The summed E-state index contributed by atoms with van der Waals surface area (Å²) in [7, 11) is 0. The van der Waals surface area contributed by atoms with E-state index in [9.17, 15) is 5.11 Å². The monoisotopic (exact) mass is 398 g/mol. The Kier molecular flexibility index (Phi) is 7.57. The molecule has 0 saturated heterocycles. The highest BCUT2D eigenvalue weighted by Gasteiger charge is 2.11. The van der Waals surface area contributed by atoms with E-state index >= 15 is 0 Å². The van der Waals surface area contributed by atoms with Crippen LogP contribution in [0.3, 0.4) is 0 Å². The summed E-state index contributed by atoms with van der Waals surface area (Å²) in [5.74, 6) is 2.28. The maximum absolute atomic E-state index is 10.2. The van der Waals surface area contributed by atoms with E-state index in [2.05, 4.69) is 34.1 Å². The normalized spacial score (nSPS) is 11.0. The summed E-state index contributed by atoms with van der Waals surface area (Å²) < 4.78 is 0. The van der Waals surface area contributed by atoms with Crippen LogP contribution in [0, 0.1) is 0 Å². The predicted octanol–water partition coefficient (Wildman–Crippen LogP) is 5.38. The van der Waals surface area contributed by atoms with Gasteiger partial charge in [-0.3, -0.25) is 9.88 Å². The number of thioether (sulfide) groups is 1. The fraction of sp³-hybridized carbons (Fsp3) is 0.227. The number of benzene rings is 2. The largest absolute Gasteiger partial charge is 0.508 e. The van der Waals surface area contributed by atoms with Gasteiger partial charge in [0.25, 0.3) is 0 Å². The summed E-state index contributed by atoms with van der Waals surface area (Å²) in [5.41, 5.74) is 3.20. The van der Waals surface area contributed by atoms with Crippen molar-refractivity contribution < 1.29 is 5.11 Å². The maximum Gasteiger partial charge on any atom is 0.120 e. The molecule has 0 saturated carbocycles. The van der Waals surface area contributed by atoms with Crippen molar-refractivity contribution in [3.8, 4) is 5.75 Å². The molecule has 0 amide bonds. The first kappa shape index (κ1) is 19.7. The van der Waals surface area contributed by atoms with Crippen LogP contribution in [0.15, 0.2) is 72.9 Å². The Labute approximate surface area is 170 Å². The standard InChI is InChI=1S/C22H23ClN2OS/c23-20-9-10-22(26)19(14-20)15-25(16-21-8-4-5-11-24-21)12-13-27-17-18-6-2-1-3-7-18/h1-11,14,26H,12-13,15-17H2. The molecule has 0 fully saturated rings. The number of hydrogen-bond donors (Lipinski definition) is 1. The van der Waals surface area contributed by atoms with Gasteiger partial charge in [0.2, 0.25) is 0 Å². The van der Waals surface area contributed by atoms with Gasteiger partial charge in [-0.1, -0.05) is 48.0 Å². The number of phenols is 1. The van der Waals surface area contributed by atoms with E-state index < -0.39 is 0 Å². The Morgan fingerprint density at radius 1 is 0.963 bits per heavy atom. The average Bonchev–Trinajstić information content (AvgIpc) is 2.69. The molecule has 3 rings (SSSR count). The minimum absolute atomic E-state index is 0.280. The van der Waals surface area contributed by atoms with Gasteiger partial charge >= 0.3 is 0 Å². The third-order valence-corrected chi connectivity index (χ3v) is 5.45. The van der Waals surface area contributed by atoms with Gasteiger partial charge in [0.1, 0.15) is 5.75 Å². The van der Waals surface area contributed by atoms with Crippen LogP contribution in [0.2, 0.25) is 5.02 Å². The lowest BCUT2D eigenvalue weighted by Gasteiger charge is -2.22. The highest BCUT2D eigenvalue weighted by atomic mass is 35.5. The van der Waals surface area contributed by atoms with Gasteiger partial charge in [-0.15, -0.1) is 0 Å². The molecule has 2 aromatic carbocycles. The van der Waals surface area contributed by atoms with E-state index in [0.717, 1.165) is 35.9 Å². The van der Waals surface area contributed by atoms with Crippen molar-refractivity contribution in [3.63, 3.8) is 0 Å². The zero-order valence-electron chi connectivity index (χ0n) is 15.1. The molecule has 0 atom stereocenters. The zero-order chi connectivity index (χ0) is 18.9. The van der Waals surface area contributed by atoms with Crippen molar-refractivity contribution in [3.05, 3.63) is 94.8 Å². The van der Waals surface area contributed by atoms with E-state index in [1.807, 2.05) is 48.3 Å². The first-order chi connectivity index (χ1) is 13.2. The molecule has 0 aliphatic heterocycles. The summed E-state index contributed by atoms with van der Waals surface area (Å²) in [4.78, 5) is 6.74. The second kappa shape index (κ2) is 10.4. The van der Waals surface area contributed by atoms with Crippen LogP contribution in [-0.4, -0.2) is 27.3 Å². The third kappa shape index (κ3) is 6.58. The number of aromatic nitrogens is 1. The molecule has 5 heteroatoms. The van der Waals surface area contributed by atoms with E-state index in [1.54, 1.807) is 12.1 Å². The minimum atomic E-state index is 0.280. The van der Waals surface area contributed by atoms with Crippen molar-refractivity contribution >= 4 is 23.4 Å². The fourth-order valence-corrected chi connectivity index (χ4v) is 3.97. The molecule has 1 heterocycles. The molecular formula is C22H23ClN2OS. The molecule has 0 aliphatic rings. The van der Waals surface area contributed by atoms with Gasteiger partial charge in [0, 0.05) is 47.9 Å². The molecule has 0 aliphatic carbocycles. The number of nitrogens with zero attached hydrogens (tertiary/aromatic N) is 2. The summed E-state index contributed by atoms with van der Waals surface area (Å²) in [6.07, 6.45) is 1.81. The van der Waals surface area contributed by atoms with E-state index in [1.165, 1.54) is 5.56 Å². The summed E-state index contributed by atoms with van der Waals surface area (Å²) in [5, 5.41) is 10.8. The molecule has 0 radical (unpaired) electrons. The highest BCUT2D eigenvalue weighted by molar-refractivity contribution is 7.98. The molecule has 3 aromatic rings. The lowest BCUT2D eigenvalue weighted by atomic mass is 10.2. The Morgan fingerprint density at radius 3 is 2.56 bits per heavy atom. The summed E-state index contributed by atoms with van der Waals surface area (Å²) >= 11 is 8.02. The second-order valence-corrected chi connectivity index (χ2v) is 7.88. The van der Waals surface area contributed by atoms with Crippen LogP contribution < -0.4 is 0 Å².